The summed E-state index contributed by atoms with van der Waals surface area (Å²) >= 11 is 3.62. The van der Waals surface area contributed by atoms with Crippen LogP contribution in [0.5, 0.6) is 5.75 Å². The Labute approximate surface area is 293 Å². The molecule has 4 aromatic rings. The van der Waals surface area contributed by atoms with Gasteiger partial charge in [-0.2, -0.15) is 4.98 Å². The van der Waals surface area contributed by atoms with Crippen LogP contribution in [-0.2, 0) is 11.0 Å². The highest BCUT2D eigenvalue weighted by Gasteiger charge is 2.27. The van der Waals surface area contributed by atoms with Gasteiger partial charge >= 0.3 is 0 Å². The Morgan fingerprint density at radius 1 is 1.02 bits per heavy atom. The van der Waals surface area contributed by atoms with Crippen molar-refractivity contribution in [2.24, 2.45) is 0 Å². The molecule has 0 saturated carbocycles. The van der Waals surface area contributed by atoms with Crippen LogP contribution in [0, 0.1) is 0 Å². The minimum Gasteiger partial charge on any atom is -0.494 e. The summed E-state index contributed by atoms with van der Waals surface area (Å²) in [5, 5.41) is 12.0. The van der Waals surface area contributed by atoms with E-state index >= 15 is 0 Å². The molecule has 2 aliphatic heterocycles. The van der Waals surface area contributed by atoms with E-state index in [1.165, 1.54) is 24.1 Å². The van der Waals surface area contributed by atoms with Gasteiger partial charge in [-0.3, -0.25) is 9.88 Å². The van der Waals surface area contributed by atoms with Crippen LogP contribution in [-0.4, -0.2) is 85.6 Å². The number of rotatable bonds is 10. The van der Waals surface area contributed by atoms with Gasteiger partial charge in [-0.05, 0) is 84.3 Å². The van der Waals surface area contributed by atoms with Crippen LogP contribution in [0.2, 0.25) is 0 Å². The molecule has 2 aliphatic rings. The fraction of sp³-hybridized carbons (Fsp3) is 0.472. The Morgan fingerprint density at radius 3 is 2.44 bits per heavy atom. The van der Waals surface area contributed by atoms with Gasteiger partial charge in [0.25, 0.3) is 0 Å². The first-order chi connectivity index (χ1) is 23.0. The second-order valence-electron chi connectivity index (χ2n) is 13.4. The lowest BCUT2D eigenvalue weighted by Crippen LogP contribution is -2.52. The molecule has 0 amide bonds. The molecule has 3 N–H and O–H groups in total. The summed E-state index contributed by atoms with van der Waals surface area (Å²) in [7, 11) is -1.00. The van der Waals surface area contributed by atoms with Crippen molar-refractivity contribution < 1.29 is 9.30 Å². The molecule has 12 heteroatoms. The van der Waals surface area contributed by atoms with Crippen molar-refractivity contribution in [2.75, 3.05) is 75.2 Å². The predicted octanol–water partition coefficient (Wildman–Crippen LogP) is 7.09. The standard InChI is InChI=1S/C36H48BrN8O2P/c1-7-24-20-31(33(47-4)21-32(24)45-16-12-25(13-17-45)44-18-14-38-15-19-44)42-36-39-22-27(37)35(43-36)41-30-11-10-29-26(34(30)48(5,6)46)8-9-28(40-29)23(2)3/h8-11,20-23,25,38H,7,12-19H2,1-6H3,(H2,39,41,42,43). The Bertz CT molecular complexity index is 1820. The average Bonchev–Trinajstić information content (AvgIpc) is 3.09. The van der Waals surface area contributed by atoms with E-state index in [1.807, 2.05) is 24.3 Å². The first kappa shape index (κ1) is 34.6. The van der Waals surface area contributed by atoms with Crippen LogP contribution in [0.4, 0.5) is 28.8 Å². The Kier molecular flexibility index (Phi) is 10.6. The number of benzene rings is 2. The van der Waals surface area contributed by atoms with Crippen molar-refractivity contribution in [1.82, 2.24) is 25.2 Å². The molecule has 6 rings (SSSR count). The van der Waals surface area contributed by atoms with Gasteiger partial charge in [0.05, 0.1) is 28.5 Å². The third-order valence-corrected chi connectivity index (χ3v) is 11.6. The lowest BCUT2D eigenvalue weighted by molar-refractivity contribution is 0.150. The second-order valence-corrected chi connectivity index (χ2v) is 17.5. The van der Waals surface area contributed by atoms with Gasteiger partial charge in [-0.25, -0.2) is 4.98 Å². The van der Waals surface area contributed by atoms with E-state index in [2.05, 4.69) is 79.6 Å². The van der Waals surface area contributed by atoms with Gasteiger partial charge in [0.1, 0.15) is 18.7 Å². The van der Waals surface area contributed by atoms with Crippen LogP contribution in [0.3, 0.4) is 0 Å². The monoisotopic (exact) mass is 734 g/mol. The van der Waals surface area contributed by atoms with Gasteiger partial charge < -0.3 is 30.2 Å². The molecule has 2 aromatic carbocycles. The molecule has 0 aliphatic carbocycles. The summed E-state index contributed by atoms with van der Waals surface area (Å²) in [4.78, 5) is 19.4. The first-order valence-corrected chi connectivity index (χ1v) is 20.4. The van der Waals surface area contributed by atoms with Crippen LogP contribution in [0.1, 0.15) is 50.8 Å². The van der Waals surface area contributed by atoms with Crippen molar-refractivity contribution in [1.29, 1.82) is 0 Å². The zero-order valence-electron chi connectivity index (χ0n) is 28.9. The number of aryl methyl sites for hydroxylation is 1. The van der Waals surface area contributed by atoms with Gasteiger partial charge in [-0.1, -0.05) is 26.8 Å². The van der Waals surface area contributed by atoms with E-state index in [0.29, 0.717) is 28.2 Å². The van der Waals surface area contributed by atoms with Crippen molar-refractivity contribution in [3.05, 3.63) is 58.3 Å². The fourth-order valence-electron chi connectivity index (χ4n) is 6.95. The number of aromatic nitrogens is 3. The van der Waals surface area contributed by atoms with Gasteiger partial charge in [-0.15, -0.1) is 0 Å². The zero-order valence-corrected chi connectivity index (χ0v) is 31.4. The number of nitrogens with zero attached hydrogens (tertiary/aromatic N) is 5. The van der Waals surface area contributed by atoms with Gasteiger partial charge in [0, 0.05) is 79.6 Å². The molecule has 2 fully saturated rings. The number of nitrogens with one attached hydrogen (secondary N) is 3. The predicted molar refractivity (Wildman–Crippen MR) is 203 cm³/mol. The minimum atomic E-state index is -2.71. The zero-order chi connectivity index (χ0) is 34.0. The quantitative estimate of drug-likeness (QED) is 0.146. The van der Waals surface area contributed by atoms with Crippen molar-refractivity contribution >= 4 is 68.1 Å². The molecular formula is C36H48BrN8O2P. The summed E-state index contributed by atoms with van der Waals surface area (Å²) in [6.45, 7) is 16.6. The highest BCUT2D eigenvalue weighted by molar-refractivity contribution is 9.10. The number of piperidine rings is 1. The van der Waals surface area contributed by atoms with Crippen LogP contribution < -0.4 is 30.9 Å². The summed E-state index contributed by atoms with van der Waals surface area (Å²) < 4.78 is 20.3. The number of ether oxygens (including phenoxy) is 1. The maximum atomic E-state index is 13.7. The number of hydrogen-bond donors (Lipinski definition) is 3. The average molecular weight is 736 g/mol. The fourth-order valence-corrected chi connectivity index (χ4v) is 8.72. The smallest absolute Gasteiger partial charge is 0.229 e. The molecule has 0 bridgehead atoms. The minimum absolute atomic E-state index is 0.303. The third kappa shape index (κ3) is 7.49. The molecule has 4 heterocycles. The topological polar surface area (TPSA) is 108 Å². The van der Waals surface area contributed by atoms with E-state index in [-0.39, 0.29) is 0 Å². The van der Waals surface area contributed by atoms with Crippen molar-refractivity contribution in [2.45, 2.75) is 52.0 Å². The SMILES string of the molecule is CCc1cc(Nc2ncc(Br)c(Nc3ccc4nc(C(C)C)ccc4c3P(C)(C)=O)n2)c(OC)cc1N1CCC(N2CCNCC2)CC1. The number of piperazine rings is 1. The summed E-state index contributed by atoms with van der Waals surface area (Å²) in [5.74, 6) is 2.03. The first-order valence-electron chi connectivity index (χ1n) is 17.0. The number of methoxy groups -OCH3 is 1. The molecular weight excluding hydrogens is 687 g/mol. The largest absolute Gasteiger partial charge is 0.494 e. The molecule has 0 unspecified atom stereocenters. The lowest BCUT2D eigenvalue weighted by Gasteiger charge is -2.41. The van der Waals surface area contributed by atoms with E-state index in [0.717, 1.165) is 84.7 Å². The maximum Gasteiger partial charge on any atom is 0.229 e. The number of anilines is 5. The lowest BCUT2D eigenvalue weighted by atomic mass is 9.99. The molecule has 48 heavy (non-hydrogen) atoms. The molecule has 10 nitrogen and oxygen atoms in total. The Morgan fingerprint density at radius 2 is 1.77 bits per heavy atom. The maximum absolute atomic E-state index is 13.7. The van der Waals surface area contributed by atoms with E-state index < -0.39 is 7.14 Å². The summed E-state index contributed by atoms with van der Waals surface area (Å²) in [5.41, 5.74) is 5.88. The number of halogens is 1. The van der Waals surface area contributed by atoms with E-state index in [9.17, 15) is 4.57 Å². The highest BCUT2D eigenvalue weighted by Crippen LogP contribution is 2.42. The number of pyridine rings is 1. The molecule has 256 valence electrons. The van der Waals surface area contributed by atoms with Crippen LogP contribution in [0.15, 0.2) is 47.1 Å². The van der Waals surface area contributed by atoms with Gasteiger partial charge in [0.2, 0.25) is 5.95 Å². The van der Waals surface area contributed by atoms with E-state index in [1.54, 1.807) is 26.6 Å². The molecule has 0 atom stereocenters. The van der Waals surface area contributed by atoms with Crippen molar-refractivity contribution in [3.8, 4) is 5.75 Å². The van der Waals surface area contributed by atoms with Gasteiger partial charge in [0.15, 0.2) is 0 Å². The molecule has 0 spiro atoms. The van der Waals surface area contributed by atoms with E-state index in [4.69, 9.17) is 14.7 Å². The summed E-state index contributed by atoms with van der Waals surface area (Å²) in [6, 6.07) is 13.0. The normalized spacial score (nSPS) is 16.5. The number of fused-ring (bicyclic) bond motifs is 1. The third-order valence-electron chi connectivity index (χ3n) is 9.49. The van der Waals surface area contributed by atoms with Crippen LogP contribution >= 0.6 is 23.1 Å². The Hall–Kier alpha value is -3.24. The molecule has 0 radical (unpaired) electrons. The molecule has 2 saturated heterocycles. The Balaban J connectivity index is 1.25. The molecule has 2 aromatic heterocycles. The van der Waals surface area contributed by atoms with Crippen molar-refractivity contribution in [3.63, 3.8) is 0 Å². The second kappa shape index (κ2) is 14.7. The van der Waals surface area contributed by atoms with Crippen LogP contribution in [0.25, 0.3) is 10.9 Å². The highest BCUT2D eigenvalue weighted by atomic mass is 79.9. The summed E-state index contributed by atoms with van der Waals surface area (Å²) in [6.07, 6.45) is 4.96. The number of hydrogen-bond acceptors (Lipinski definition) is 10.